The molecule has 1 aliphatic carbocycles. The number of hydrogen-bond acceptors (Lipinski definition) is 4. The smallest absolute Gasteiger partial charge is 0.251 e. The second-order valence-corrected chi connectivity index (χ2v) is 7.78. The van der Waals surface area contributed by atoms with E-state index in [9.17, 15) is 14.0 Å². The average Bonchev–Trinajstić information content (AvgIpc) is 2.68. The number of amides is 2. The van der Waals surface area contributed by atoms with Gasteiger partial charge in [-0.05, 0) is 62.8 Å². The third kappa shape index (κ3) is 5.29. The molecular formula is C21H29FN2O4. The molecule has 1 aromatic rings. The van der Waals surface area contributed by atoms with Gasteiger partial charge in [0.15, 0.2) is 0 Å². The van der Waals surface area contributed by atoms with Crippen molar-refractivity contribution in [1.29, 1.82) is 0 Å². The van der Waals surface area contributed by atoms with Gasteiger partial charge in [0, 0.05) is 37.8 Å². The molecule has 0 spiro atoms. The Morgan fingerprint density at radius 1 is 1.11 bits per heavy atom. The second-order valence-electron chi connectivity index (χ2n) is 7.78. The minimum atomic E-state index is -0.439. The maximum absolute atomic E-state index is 13.6. The van der Waals surface area contributed by atoms with Crippen LogP contribution in [0.3, 0.4) is 0 Å². The first-order valence-electron chi connectivity index (χ1n) is 9.95. The number of aryl methyl sites for hydroxylation is 1. The number of carbonyl (C=O) groups is 2. The topological polar surface area (TPSA) is 76.7 Å². The number of carbonyl (C=O) groups excluding carboxylic acids is 2. The minimum Gasteiger partial charge on any atom is -0.381 e. The van der Waals surface area contributed by atoms with E-state index < -0.39 is 5.82 Å². The molecule has 3 rings (SSSR count). The summed E-state index contributed by atoms with van der Waals surface area (Å²) in [4.78, 5) is 25.3. The number of hydrogen-bond donors (Lipinski definition) is 2. The molecule has 1 aliphatic heterocycles. The fourth-order valence-corrected chi connectivity index (χ4v) is 4.10. The van der Waals surface area contributed by atoms with Crippen molar-refractivity contribution < 1.29 is 23.5 Å². The Bertz CT molecular complexity index is 685. The molecule has 0 unspecified atom stereocenters. The highest BCUT2D eigenvalue weighted by atomic mass is 19.1. The van der Waals surface area contributed by atoms with Crippen LogP contribution in [0.2, 0.25) is 0 Å². The molecule has 2 amide bonds. The predicted octanol–water partition coefficient (Wildman–Crippen LogP) is 2.34. The van der Waals surface area contributed by atoms with Crippen molar-refractivity contribution in [3.8, 4) is 0 Å². The molecule has 1 heterocycles. The van der Waals surface area contributed by atoms with Crippen LogP contribution in [0.25, 0.3) is 0 Å². The van der Waals surface area contributed by atoms with E-state index in [2.05, 4.69) is 10.6 Å². The molecule has 1 saturated heterocycles. The Morgan fingerprint density at radius 3 is 2.54 bits per heavy atom. The van der Waals surface area contributed by atoms with Crippen LogP contribution >= 0.6 is 0 Å². The zero-order valence-electron chi connectivity index (χ0n) is 16.5. The summed E-state index contributed by atoms with van der Waals surface area (Å²) in [6, 6.07) is 4.12. The minimum absolute atomic E-state index is 0.0299. The summed E-state index contributed by atoms with van der Waals surface area (Å²) in [6.07, 6.45) is 3.42. The molecule has 0 bridgehead atoms. The summed E-state index contributed by atoms with van der Waals surface area (Å²) in [5.41, 5.74) is 0.965. The van der Waals surface area contributed by atoms with E-state index in [1.54, 1.807) is 20.1 Å². The van der Waals surface area contributed by atoms with E-state index in [-0.39, 0.29) is 41.5 Å². The molecule has 154 valence electrons. The molecule has 28 heavy (non-hydrogen) atoms. The number of benzene rings is 1. The van der Waals surface area contributed by atoms with Crippen molar-refractivity contribution >= 4 is 11.8 Å². The van der Waals surface area contributed by atoms with E-state index in [0.29, 0.717) is 31.6 Å². The van der Waals surface area contributed by atoms with Crippen molar-refractivity contribution in [3.63, 3.8) is 0 Å². The molecule has 2 fully saturated rings. The standard InChI is InChI=1S/C21H29FN2O4/c1-13-9-15(11-16(22)10-13)21(26)24-18-12-14(3-4-19(18)27-2)20(25)23-17-5-7-28-8-6-17/h9-11,14,17-19H,3-8,12H2,1-2H3,(H,23,25)(H,24,26)/t14-,18+,19+/m0/s1. The summed E-state index contributed by atoms with van der Waals surface area (Å²) in [5, 5.41) is 6.07. The lowest BCUT2D eigenvalue weighted by Gasteiger charge is -2.36. The molecule has 2 N–H and O–H groups in total. The fourth-order valence-electron chi connectivity index (χ4n) is 4.10. The van der Waals surface area contributed by atoms with Crippen LogP contribution in [0.5, 0.6) is 0 Å². The Kier molecular flexibility index (Phi) is 7.02. The van der Waals surface area contributed by atoms with Crippen molar-refractivity contribution in [3.05, 3.63) is 35.1 Å². The predicted molar refractivity (Wildman–Crippen MR) is 103 cm³/mol. The first-order chi connectivity index (χ1) is 13.5. The van der Waals surface area contributed by atoms with Crippen molar-refractivity contribution in [1.82, 2.24) is 10.6 Å². The van der Waals surface area contributed by atoms with E-state index in [1.165, 1.54) is 12.1 Å². The highest BCUT2D eigenvalue weighted by molar-refractivity contribution is 5.94. The number of ether oxygens (including phenoxy) is 2. The zero-order chi connectivity index (χ0) is 20.1. The summed E-state index contributed by atoms with van der Waals surface area (Å²) >= 11 is 0. The molecule has 1 saturated carbocycles. The first-order valence-corrected chi connectivity index (χ1v) is 9.95. The van der Waals surface area contributed by atoms with Gasteiger partial charge in [-0.15, -0.1) is 0 Å². The van der Waals surface area contributed by atoms with Crippen LogP contribution in [0.15, 0.2) is 18.2 Å². The van der Waals surface area contributed by atoms with Crippen molar-refractivity contribution in [2.45, 2.75) is 57.2 Å². The van der Waals surface area contributed by atoms with E-state index in [0.717, 1.165) is 19.3 Å². The van der Waals surface area contributed by atoms with Crippen LogP contribution in [-0.2, 0) is 14.3 Å². The van der Waals surface area contributed by atoms with Gasteiger partial charge >= 0.3 is 0 Å². The summed E-state index contributed by atoms with van der Waals surface area (Å²) in [6.45, 7) is 3.09. The van der Waals surface area contributed by atoms with E-state index in [1.807, 2.05) is 0 Å². The van der Waals surface area contributed by atoms with Gasteiger partial charge < -0.3 is 20.1 Å². The third-order valence-corrected chi connectivity index (χ3v) is 5.65. The van der Waals surface area contributed by atoms with Crippen LogP contribution in [-0.4, -0.2) is 50.3 Å². The van der Waals surface area contributed by atoms with Crippen LogP contribution in [0.1, 0.15) is 48.0 Å². The van der Waals surface area contributed by atoms with Crippen molar-refractivity contribution in [2.75, 3.05) is 20.3 Å². The summed E-state index contributed by atoms with van der Waals surface area (Å²) in [5.74, 6) is -0.929. The maximum atomic E-state index is 13.6. The first kappa shape index (κ1) is 20.7. The lowest BCUT2D eigenvalue weighted by atomic mass is 9.82. The largest absolute Gasteiger partial charge is 0.381 e. The Morgan fingerprint density at radius 2 is 1.86 bits per heavy atom. The van der Waals surface area contributed by atoms with E-state index >= 15 is 0 Å². The maximum Gasteiger partial charge on any atom is 0.251 e. The molecular weight excluding hydrogens is 363 g/mol. The van der Waals surface area contributed by atoms with Crippen molar-refractivity contribution in [2.24, 2.45) is 5.92 Å². The van der Waals surface area contributed by atoms with Gasteiger partial charge in [0.25, 0.3) is 5.91 Å². The van der Waals surface area contributed by atoms with Gasteiger partial charge in [-0.3, -0.25) is 9.59 Å². The van der Waals surface area contributed by atoms with Crippen LogP contribution < -0.4 is 10.6 Å². The number of nitrogens with one attached hydrogen (secondary N) is 2. The second kappa shape index (κ2) is 9.47. The van der Waals surface area contributed by atoms with Gasteiger partial charge in [0.2, 0.25) is 5.91 Å². The normalized spacial score (nSPS) is 25.9. The quantitative estimate of drug-likeness (QED) is 0.807. The van der Waals surface area contributed by atoms with Gasteiger partial charge in [0.1, 0.15) is 5.82 Å². The molecule has 6 nitrogen and oxygen atoms in total. The zero-order valence-corrected chi connectivity index (χ0v) is 16.5. The van der Waals surface area contributed by atoms with Crippen LogP contribution in [0, 0.1) is 18.7 Å². The van der Waals surface area contributed by atoms with E-state index in [4.69, 9.17) is 9.47 Å². The van der Waals surface area contributed by atoms with Gasteiger partial charge in [-0.1, -0.05) is 0 Å². The lowest BCUT2D eigenvalue weighted by molar-refractivity contribution is -0.128. The van der Waals surface area contributed by atoms with Gasteiger partial charge in [-0.25, -0.2) is 4.39 Å². The molecule has 0 radical (unpaired) electrons. The molecule has 2 aliphatic rings. The molecule has 3 atom stereocenters. The average molecular weight is 392 g/mol. The van der Waals surface area contributed by atoms with Gasteiger partial charge in [-0.2, -0.15) is 0 Å². The summed E-state index contributed by atoms with van der Waals surface area (Å²) < 4.78 is 24.5. The SMILES string of the molecule is CO[C@@H]1CC[C@H](C(=O)NC2CCOCC2)C[C@H]1NC(=O)c1cc(C)cc(F)c1. The number of halogens is 1. The molecule has 0 aromatic heterocycles. The van der Waals surface area contributed by atoms with Crippen LogP contribution in [0.4, 0.5) is 4.39 Å². The highest BCUT2D eigenvalue weighted by Crippen LogP contribution is 2.27. The fraction of sp³-hybridized carbons (Fsp3) is 0.619. The number of rotatable bonds is 5. The third-order valence-electron chi connectivity index (χ3n) is 5.65. The Labute approximate surface area is 165 Å². The number of methoxy groups -OCH3 is 1. The molecule has 7 heteroatoms. The Balaban J connectivity index is 1.62. The summed E-state index contributed by atoms with van der Waals surface area (Å²) in [7, 11) is 1.61. The lowest BCUT2D eigenvalue weighted by Crippen LogP contribution is -2.51. The highest BCUT2D eigenvalue weighted by Gasteiger charge is 2.35. The molecule has 1 aromatic carbocycles. The van der Waals surface area contributed by atoms with Gasteiger partial charge in [0.05, 0.1) is 12.1 Å². The monoisotopic (exact) mass is 392 g/mol. The Hall–Kier alpha value is -1.99.